The third-order valence-corrected chi connectivity index (χ3v) is 5.86. The van der Waals surface area contributed by atoms with E-state index in [2.05, 4.69) is 5.10 Å². The molecule has 3 rings (SSSR count). The van der Waals surface area contributed by atoms with Gasteiger partial charge in [-0.15, -0.1) is 0 Å². The molecule has 2 saturated heterocycles. The number of alkyl halides is 1. The van der Waals surface area contributed by atoms with Crippen molar-refractivity contribution in [2.45, 2.75) is 71.4 Å². The minimum absolute atomic E-state index is 0.0869. The highest BCUT2D eigenvalue weighted by Gasteiger charge is 2.52. The van der Waals surface area contributed by atoms with Gasteiger partial charge in [-0.2, -0.15) is 5.10 Å². The summed E-state index contributed by atoms with van der Waals surface area (Å²) in [5.41, 5.74) is 0.825. The van der Waals surface area contributed by atoms with Crippen molar-refractivity contribution < 1.29 is 18.5 Å². The van der Waals surface area contributed by atoms with Crippen molar-refractivity contribution in [1.29, 1.82) is 0 Å². The van der Waals surface area contributed by atoms with E-state index in [1.807, 2.05) is 34.6 Å². The van der Waals surface area contributed by atoms with Crippen LogP contribution in [0.25, 0.3) is 0 Å². The van der Waals surface area contributed by atoms with Gasteiger partial charge in [-0.05, 0) is 41.0 Å². The van der Waals surface area contributed by atoms with Gasteiger partial charge in [0.25, 0.3) is 0 Å². The SMILES string of the molecule is CC(=O)N1CCC(n2ncc(B3OC(C)(C)C(C)(C)O3)c2C)C(F)C1. The predicted octanol–water partition coefficient (Wildman–Crippen LogP) is 1.62. The fraction of sp³-hybridized carbons (Fsp3) is 0.765. The average Bonchev–Trinajstić information content (AvgIpc) is 2.96. The Balaban J connectivity index is 1.80. The quantitative estimate of drug-likeness (QED) is 0.760. The number of rotatable bonds is 2. The summed E-state index contributed by atoms with van der Waals surface area (Å²) in [6.07, 6.45) is 1.12. The molecule has 0 spiro atoms. The molecule has 2 fully saturated rings. The van der Waals surface area contributed by atoms with E-state index in [4.69, 9.17) is 9.31 Å². The fourth-order valence-electron chi connectivity index (χ4n) is 3.43. The third kappa shape index (κ3) is 3.10. The summed E-state index contributed by atoms with van der Waals surface area (Å²) in [7, 11) is -0.505. The van der Waals surface area contributed by atoms with Gasteiger partial charge < -0.3 is 14.2 Å². The van der Waals surface area contributed by atoms with Crippen LogP contribution in [0.4, 0.5) is 4.39 Å². The molecule has 0 bridgehead atoms. The second kappa shape index (κ2) is 6.09. The number of carbonyl (C=O) groups excluding carboxylic acids is 1. The third-order valence-electron chi connectivity index (χ3n) is 5.86. The first-order chi connectivity index (χ1) is 11.5. The lowest BCUT2D eigenvalue weighted by molar-refractivity contribution is -0.131. The molecule has 25 heavy (non-hydrogen) atoms. The molecule has 0 N–H and O–H groups in total. The Labute approximate surface area is 148 Å². The summed E-state index contributed by atoms with van der Waals surface area (Å²) in [4.78, 5) is 13.0. The van der Waals surface area contributed by atoms with E-state index < -0.39 is 24.5 Å². The van der Waals surface area contributed by atoms with Gasteiger partial charge in [-0.3, -0.25) is 9.48 Å². The molecule has 2 unspecified atom stereocenters. The first kappa shape index (κ1) is 18.4. The molecule has 3 heterocycles. The number of halogens is 1. The van der Waals surface area contributed by atoms with Crippen molar-refractivity contribution >= 4 is 18.5 Å². The van der Waals surface area contributed by atoms with Crippen LogP contribution in [0, 0.1) is 6.92 Å². The van der Waals surface area contributed by atoms with E-state index in [-0.39, 0.29) is 18.5 Å². The zero-order valence-corrected chi connectivity index (χ0v) is 15.9. The Morgan fingerprint density at radius 1 is 1.32 bits per heavy atom. The average molecular weight is 351 g/mol. The zero-order chi connectivity index (χ0) is 18.6. The topological polar surface area (TPSA) is 56.6 Å². The van der Waals surface area contributed by atoms with E-state index >= 15 is 0 Å². The van der Waals surface area contributed by atoms with Gasteiger partial charge in [0.2, 0.25) is 5.91 Å². The molecular formula is C17H27BFN3O3. The molecule has 138 valence electrons. The van der Waals surface area contributed by atoms with E-state index in [1.165, 1.54) is 6.92 Å². The summed E-state index contributed by atoms with van der Waals surface area (Å²) in [5.74, 6) is -0.0869. The molecule has 0 aliphatic carbocycles. The van der Waals surface area contributed by atoms with Crippen LogP contribution < -0.4 is 5.46 Å². The maximum absolute atomic E-state index is 14.6. The molecule has 0 radical (unpaired) electrons. The number of carbonyl (C=O) groups is 1. The fourth-order valence-corrected chi connectivity index (χ4v) is 3.43. The Morgan fingerprint density at radius 3 is 2.44 bits per heavy atom. The molecule has 0 saturated carbocycles. The maximum Gasteiger partial charge on any atom is 0.498 e. The van der Waals surface area contributed by atoms with Crippen molar-refractivity contribution in [1.82, 2.24) is 14.7 Å². The summed E-state index contributed by atoms with van der Waals surface area (Å²) >= 11 is 0. The first-order valence-electron chi connectivity index (χ1n) is 8.83. The normalized spacial score (nSPS) is 28.4. The number of likely N-dealkylation sites (tertiary alicyclic amines) is 1. The zero-order valence-electron chi connectivity index (χ0n) is 15.9. The highest BCUT2D eigenvalue weighted by Crippen LogP contribution is 2.37. The van der Waals surface area contributed by atoms with Crippen LogP contribution in [0.5, 0.6) is 0 Å². The molecule has 1 aromatic rings. The van der Waals surface area contributed by atoms with Crippen LogP contribution in [-0.2, 0) is 14.1 Å². The summed E-state index contributed by atoms with van der Waals surface area (Å²) in [5, 5.41) is 4.41. The monoisotopic (exact) mass is 351 g/mol. The molecule has 6 nitrogen and oxygen atoms in total. The molecule has 2 aliphatic rings. The standard InChI is InChI=1S/C17H27BFN3O3/c1-11-13(18-24-16(3,4)17(5,6)25-18)9-20-22(11)15-7-8-21(12(2)23)10-14(15)19/h9,14-15H,7-8,10H2,1-6H3. The molecule has 2 atom stereocenters. The predicted molar refractivity (Wildman–Crippen MR) is 93.5 cm³/mol. The van der Waals surface area contributed by atoms with Gasteiger partial charge in [0.15, 0.2) is 0 Å². The number of aromatic nitrogens is 2. The molecule has 1 aromatic heterocycles. The molecule has 2 aliphatic heterocycles. The summed E-state index contributed by atoms with van der Waals surface area (Å²) in [6.45, 7) is 12.1. The van der Waals surface area contributed by atoms with E-state index in [1.54, 1.807) is 15.8 Å². The first-order valence-corrected chi connectivity index (χ1v) is 8.83. The van der Waals surface area contributed by atoms with E-state index in [0.717, 1.165) is 11.2 Å². The van der Waals surface area contributed by atoms with Crippen LogP contribution in [0.15, 0.2) is 6.20 Å². The lowest BCUT2D eigenvalue weighted by atomic mass is 9.79. The molecule has 1 amide bonds. The second-order valence-corrected chi connectivity index (χ2v) is 8.06. The van der Waals surface area contributed by atoms with Crippen LogP contribution in [0.1, 0.15) is 52.8 Å². The van der Waals surface area contributed by atoms with Crippen LogP contribution in [-0.4, -0.2) is 58.2 Å². The minimum atomic E-state index is -1.14. The second-order valence-electron chi connectivity index (χ2n) is 8.06. The molecule has 8 heteroatoms. The van der Waals surface area contributed by atoms with E-state index in [0.29, 0.717) is 13.0 Å². The van der Waals surface area contributed by atoms with Crippen molar-refractivity contribution in [2.75, 3.05) is 13.1 Å². The van der Waals surface area contributed by atoms with Gasteiger partial charge in [0.1, 0.15) is 6.17 Å². The van der Waals surface area contributed by atoms with E-state index in [9.17, 15) is 9.18 Å². The largest absolute Gasteiger partial charge is 0.498 e. The van der Waals surface area contributed by atoms with Gasteiger partial charge in [-0.1, -0.05) is 0 Å². The van der Waals surface area contributed by atoms with Crippen molar-refractivity contribution in [3.05, 3.63) is 11.9 Å². The number of nitrogens with zero attached hydrogens (tertiary/aromatic N) is 3. The van der Waals surface area contributed by atoms with Crippen molar-refractivity contribution in [2.24, 2.45) is 0 Å². The smallest absolute Gasteiger partial charge is 0.399 e. The van der Waals surface area contributed by atoms with Crippen molar-refractivity contribution in [3.63, 3.8) is 0 Å². The Bertz CT molecular complexity index is 660. The van der Waals surface area contributed by atoms with Gasteiger partial charge in [0.05, 0.1) is 23.8 Å². The lowest BCUT2D eigenvalue weighted by Gasteiger charge is -2.34. The Hall–Kier alpha value is -1.41. The van der Waals surface area contributed by atoms with Gasteiger partial charge in [-0.25, -0.2) is 4.39 Å². The Morgan fingerprint density at radius 2 is 1.92 bits per heavy atom. The Kier molecular flexibility index (Phi) is 4.48. The minimum Gasteiger partial charge on any atom is -0.399 e. The highest BCUT2D eigenvalue weighted by molar-refractivity contribution is 6.62. The number of piperidine rings is 1. The summed E-state index contributed by atoms with van der Waals surface area (Å²) < 4.78 is 28.5. The number of hydrogen-bond donors (Lipinski definition) is 0. The van der Waals surface area contributed by atoms with Crippen LogP contribution in [0.2, 0.25) is 0 Å². The lowest BCUT2D eigenvalue weighted by Crippen LogP contribution is -2.45. The number of amides is 1. The maximum atomic E-state index is 14.6. The molecular weight excluding hydrogens is 324 g/mol. The molecule has 0 aromatic carbocycles. The van der Waals surface area contributed by atoms with Crippen LogP contribution >= 0.6 is 0 Å². The van der Waals surface area contributed by atoms with Crippen LogP contribution in [0.3, 0.4) is 0 Å². The van der Waals surface area contributed by atoms with Crippen molar-refractivity contribution in [3.8, 4) is 0 Å². The summed E-state index contributed by atoms with van der Waals surface area (Å²) in [6, 6.07) is -0.369. The van der Waals surface area contributed by atoms with Gasteiger partial charge in [0, 0.05) is 30.8 Å². The number of hydrogen-bond acceptors (Lipinski definition) is 4. The van der Waals surface area contributed by atoms with Gasteiger partial charge >= 0.3 is 7.12 Å². The highest BCUT2D eigenvalue weighted by atomic mass is 19.1.